The first-order chi connectivity index (χ1) is 12.6. The van der Waals surface area contributed by atoms with Gasteiger partial charge in [-0.2, -0.15) is 5.10 Å². The van der Waals surface area contributed by atoms with Crippen LogP contribution in [0.25, 0.3) is 27.8 Å². The lowest BCUT2D eigenvalue weighted by Crippen LogP contribution is -2.19. The maximum atomic E-state index is 13.0. The summed E-state index contributed by atoms with van der Waals surface area (Å²) in [7, 11) is 1.88. The fraction of sp³-hybridized carbons (Fsp3) is 0.167. The fourth-order valence-electron chi connectivity index (χ4n) is 3.00. The van der Waals surface area contributed by atoms with Crippen molar-refractivity contribution in [3.8, 4) is 22.6 Å². The first kappa shape index (κ1) is 16.1. The summed E-state index contributed by atoms with van der Waals surface area (Å²) in [5.41, 5.74) is 3.23. The summed E-state index contributed by atoms with van der Waals surface area (Å²) in [5.74, 6) is 1.14. The molecular formula is C18H16FN5O2. The van der Waals surface area contributed by atoms with Crippen LogP contribution in [0, 0.1) is 6.92 Å². The van der Waals surface area contributed by atoms with Gasteiger partial charge in [-0.25, -0.2) is 9.37 Å². The van der Waals surface area contributed by atoms with E-state index in [1.807, 2.05) is 18.5 Å². The number of halogens is 1. The smallest absolute Gasteiger partial charge is 0.283 e. The maximum Gasteiger partial charge on any atom is 0.283 e. The Morgan fingerprint density at radius 2 is 2.04 bits per heavy atom. The van der Waals surface area contributed by atoms with Gasteiger partial charge in [-0.15, -0.1) is 0 Å². The third kappa shape index (κ3) is 2.46. The van der Waals surface area contributed by atoms with E-state index in [1.54, 1.807) is 42.9 Å². The zero-order valence-corrected chi connectivity index (χ0v) is 14.2. The number of imidazole rings is 1. The molecule has 3 heterocycles. The number of ether oxygens (including phenoxy) is 1. The summed E-state index contributed by atoms with van der Waals surface area (Å²) in [6.07, 6.45) is 5.23. The number of hydrogen-bond acceptors (Lipinski definition) is 4. The first-order valence-electron chi connectivity index (χ1n) is 7.97. The van der Waals surface area contributed by atoms with Crippen LogP contribution in [0.1, 0.15) is 5.82 Å². The molecule has 0 aliphatic rings. The molecule has 7 nitrogen and oxygen atoms in total. The van der Waals surface area contributed by atoms with Gasteiger partial charge in [0.05, 0.1) is 11.7 Å². The maximum absolute atomic E-state index is 13.0. The molecule has 0 bridgehead atoms. The van der Waals surface area contributed by atoms with E-state index < -0.39 is 6.86 Å². The number of alkyl halides is 1. The Hall–Kier alpha value is -3.42. The Balaban J connectivity index is 1.99. The van der Waals surface area contributed by atoms with E-state index >= 15 is 0 Å². The number of aromatic nitrogens is 5. The molecule has 0 unspecified atom stereocenters. The zero-order chi connectivity index (χ0) is 18.3. The van der Waals surface area contributed by atoms with Crippen molar-refractivity contribution in [1.29, 1.82) is 0 Å². The van der Waals surface area contributed by atoms with E-state index in [0.717, 1.165) is 22.5 Å². The van der Waals surface area contributed by atoms with E-state index in [4.69, 9.17) is 4.74 Å². The Morgan fingerprint density at radius 3 is 2.69 bits per heavy atom. The molecular weight excluding hydrogens is 337 g/mol. The van der Waals surface area contributed by atoms with Crippen LogP contribution in [0.5, 0.6) is 5.75 Å². The molecule has 0 amide bonds. The van der Waals surface area contributed by atoms with E-state index in [2.05, 4.69) is 15.2 Å². The van der Waals surface area contributed by atoms with Gasteiger partial charge in [-0.3, -0.25) is 14.5 Å². The lowest BCUT2D eigenvalue weighted by Gasteiger charge is -2.11. The third-order valence-corrected chi connectivity index (χ3v) is 4.40. The van der Waals surface area contributed by atoms with E-state index in [-0.39, 0.29) is 5.56 Å². The van der Waals surface area contributed by atoms with Crippen molar-refractivity contribution in [2.24, 2.45) is 7.05 Å². The van der Waals surface area contributed by atoms with Gasteiger partial charge in [-0.1, -0.05) is 0 Å². The van der Waals surface area contributed by atoms with Gasteiger partial charge in [0, 0.05) is 36.3 Å². The van der Waals surface area contributed by atoms with Crippen molar-refractivity contribution < 1.29 is 9.13 Å². The van der Waals surface area contributed by atoms with Crippen LogP contribution in [0.4, 0.5) is 4.39 Å². The molecule has 26 heavy (non-hydrogen) atoms. The number of fused-ring (bicyclic) bond motifs is 1. The quantitative estimate of drug-likeness (QED) is 0.612. The molecule has 0 saturated carbocycles. The monoisotopic (exact) mass is 353 g/mol. The molecule has 3 aromatic heterocycles. The van der Waals surface area contributed by atoms with Crippen LogP contribution in [-0.4, -0.2) is 31.2 Å². The second-order valence-electron chi connectivity index (χ2n) is 5.87. The van der Waals surface area contributed by atoms with Gasteiger partial charge in [0.25, 0.3) is 5.56 Å². The lowest BCUT2D eigenvalue weighted by atomic mass is 10.1. The van der Waals surface area contributed by atoms with Crippen LogP contribution in [0.3, 0.4) is 0 Å². The molecule has 8 heteroatoms. The predicted octanol–water partition coefficient (Wildman–Crippen LogP) is 2.73. The molecule has 0 atom stereocenters. The number of aryl methyl sites for hydroxylation is 2. The van der Waals surface area contributed by atoms with Crippen molar-refractivity contribution in [2.75, 3.05) is 6.86 Å². The van der Waals surface area contributed by atoms with Gasteiger partial charge >= 0.3 is 0 Å². The van der Waals surface area contributed by atoms with Gasteiger partial charge in [0.1, 0.15) is 11.6 Å². The number of nitrogens with zero attached hydrogens (tertiary/aromatic N) is 4. The Bertz CT molecular complexity index is 1130. The molecule has 4 aromatic rings. The summed E-state index contributed by atoms with van der Waals surface area (Å²) in [6, 6.07) is 6.64. The van der Waals surface area contributed by atoms with Crippen molar-refractivity contribution in [2.45, 2.75) is 6.92 Å². The standard InChI is InChI=1S/C18H16FN5O2/c1-11-22-16-17(23(11)2)15(12-7-20-21-8-12)9-24(18(16)25)13-3-5-14(6-4-13)26-10-19/h3-9H,10H2,1-2H3,(H,20,21). The summed E-state index contributed by atoms with van der Waals surface area (Å²) in [5, 5.41) is 6.80. The molecule has 0 spiro atoms. The summed E-state index contributed by atoms with van der Waals surface area (Å²) in [4.78, 5) is 17.4. The number of hydrogen-bond donors (Lipinski definition) is 1. The molecule has 0 aliphatic carbocycles. The molecule has 0 fully saturated rings. The number of rotatable bonds is 4. The Morgan fingerprint density at radius 1 is 1.27 bits per heavy atom. The van der Waals surface area contributed by atoms with Crippen LogP contribution in [0.2, 0.25) is 0 Å². The average molecular weight is 353 g/mol. The highest BCUT2D eigenvalue weighted by molar-refractivity contribution is 5.91. The van der Waals surface area contributed by atoms with Gasteiger partial charge < -0.3 is 9.30 Å². The molecule has 0 aliphatic heterocycles. The molecule has 1 aromatic carbocycles. The van der Waals surface area contributed by atoms with E-state index in [9.17, 15) is 9.18 Å². The van der Waals surface area contributed by atoms with Crippen LogP contribution in [-0.2, 0) is 7.05 Å². The zero-order valence-electron chi connectivity index (χ0n) is 14.2. The molecule has 4 rings (SSSR count). The lowest BCUT2D eigenvalue weighted by molar-refractivity contribution is 0.192. The SMILES string of the molecule is Cc1nc2c(=O)n(-c3ccc(OCF)cc3)cc(-c3cn[nH]c3)c2n1C. The highest BCUT2D eigenvalue weighted by Crippen LogP contribution is 2.27. The summed E-state index contributed by atoms with van der Waals surface area (Å²) >= 11 is 0. The van der Waals surface area contributed by atoms with Gasteiger partial charge in [-0.05, 0) is 31.2 Å². The minimum Gasteiger partial charge on any atom is -0.463 e. The highest BCUT2D eigenvalue weighted by atomic mass is 19.1. The number of aromatic amines is 1. The number of nitrogens with one attached hydrogen (secondary N) is 1. The Labute approximate surface area is 147 Å². The van der Waals surface area contributed by atoms with Crippen molar-refractivity contribution in [1.82, 2.24) is 24.3 Å². The van der Waals surface area contributed by atoms with Crippen LogP contribution in [0.15, 0.2) is 47.7 Å². The summed E-state index contributed by atoms with van der Waals surface area (Å²) < 4.78 is 20.5. The number of H-pyrrole nitrogens is 1. The van der Waals surface area contributed by atoms with Crippen molar-refractivity contribution >= 4 is 11.0 Å². The minimum absolute atomic E-state index is 0.227. The van der Waals surface area contributed by atoms with Crippen molar-refractivity contribution in [3.63, 3.8) is 0 Å². The fourth-order valence-corrected chi connectivity index (χ4v) is 3.00. The van der Waals surface area contributed by atoms with Gasteiger partial charge in [0.15, 0.2) is 5.52 Å². The normalized spacial score (nSPS) is 11.2. The number of pyridine rings is 1. The highest BCUT2D eigenvalue weighted by Gasteiger charge is 2.18. The van der Waals surface area contributed by atoms with Crippen molar-refractivity contribution in [3.05, 3.63) is 59.0 Å². The van der Waals surface area contributed by atoms with E-state index in [0.29, 0.717) is 17.0 Å². The second kappa shape index (κ2) is 6.14. The average Bonchev–Trinajstić information content (AvgIpc) is 3.27. The predicted molar refractivity (Wildman–Crippen MR) is 95.2 cm³/mol. The first-order valence-corrected chi connectivity index (χ1v) is 7.97. The Kier molecular flexibility index (Phi) is 3.80. The molecule has 0 saturated heterocycles. The summed E-state index contributed by atoms with van der Waals surface area (Å²) in [6.45, 7) is 0.953. The van der Waals surface area contributed by atoms with E-state index in [1.165, 1.54) is 4.57 Å². The van der Waals surface area contributed by atoms with Crippen LogP contribution < -0.4 is 10.3 Å². The molecule has 0 radical (unpaired) electrons. The molecule has 132 valence electrons. The van der Waals surface area contributed by atoms with Gasteiger partial charge in [0.2, 0.25) is 6.86 Å². The third-order valence-electron chi connectivity index (χ3n) is 4.40. The second-order valence-corrected chi connectivity index (χ2v) is 5.87. The topological polar surface area (TPSA) is 77.7 Å². The van der Waals surface area contributed by atoms with Crippen LogP contribution >= 0.6 is 0 Å². The minimum atomic E-state index is -0.900. The molecule has 1 N–H and O–H groups in total. The largest absolute Gasteiger partial charge is 0.463 e. The number of benzene rings is 1.